The van der Waals surface area contributed by atoms with Crippen molar-refractivity contribution in [1.29, 1.82) is 0 Å². The Morgan fingerprint density at radius 3 is 2.35 bits per heavy atom. The van der Waals surface area contributed by atoms with E-state index in [1.807, 2.05) is 6.92 Å². The van der Waals surface area contributed by atoms with E-state index in [-0.39, 0.29) is 22.0 Å². The summed E-state index contributed by atoms with van der Waals surface area (Å²) in [6, 6.07) is 7.58. The van der Waals surface area contributed by atoms with Crippen molar-refractivity contribution >= 4 is 27.5 Å². The molecule has 2 aromatic rings. The number of rotatable bonds is 5. The van der Waals surface area contributed by atoms with Gasteiger partial charge in [0.25, 0.3) is 10.0 Å². The maximum atomic E-state index is 12.3. The molecule has 0 amide bonds. The summed E-state index contributed by atoms with van der Waals surface area (Å²) >= 11 is 0. The third-order valence-corrected chi connectivity index (χ3v) is 4.50. The Morgan fingerprint density at radius 1 is 1.22 bits per heavy atom. The summed E-state index contributed by atoms with van der Waals surface area (Å²) in [4.78, 5) is 17.0. The molecule has 0 spiro atoms. The van der Waals surface area contributed by atoms with E-state index >= 15 is 0 Å². The third kappa shape index (κ3) is 3.78. The van der Waals surface area contributed by atoms with Gasteiger partial charge in [-0.15, -0.1) is 0 Å². The van der Waals surface area contributed by atoms with E-state index < -0.39 is 16.0 Å². The summed E-state index contributed by atoms with van der Waals surface area (Å²) in [5.41, 5.74) is 0.946. The lowest BCUT2D eigenvalue weighted by Crippen LogP contribution is -2.18. The predicted octanol–water partition coefficient (Wildman–Crippen LogP) is 1.96. The molecule has 0 aliphatic heterocycles. The highest BCUT2D eigenvalue weighted by Crippen LogP contribution is 2.22. The highest BCUT2D eigenvalue weighted by molar-refractivity contribution is 7.92. The lowest BCUT2D eigenvalue weighted by atomic mass is 10.2. The molecule has 0 atom stereocenters. The monoisotopic (exact) mass is 335 g/mol. The maximum Gasteiger partial charge on any atom is 0.339 e. The summed E-state index contributed by atoms with van der Waals surface area (Å²) < 4.78 is 27.0. The van der Waals surface area contributed by atoms with Gasteiger partial charge in [0, 0.05) is 14.1 Å². The predicted molar refractivity (Wildman–Crippen MR) is 87.5 cm³/mol. The third-order valence-electron chi connectivity index (χ3n) is 3.10. The number of nitrogens with one attached hydrogen (secondary N) is 1. The maximum absolute atomic E-state index is 12.3. The van der Waals surface area contributed by atoms with E-state index in [0.717, 1.165) is 5.56 Å². The second kappa shape index (κ2) is 6.25. The van der Waals surface area contributed by atoms with Gasteiger partial charge in [0.05, 0.1) is 16.8 Å². The van der Waals surface area contributed by atoms with Gasteiger partial charge in [-0.2, -0.15) is 0 Å². The number of sulfonamides is 1. The van der Waals surface area contributed by atoms with Crippen LogP contribution in [-0.2, 0) is 10.0 Å². The van der Waals surface area contributed by atoms with Crippen LogP contribution in [0.3, 0.4) is 0 Å². The average Bonchev–Trinajstić information content (AvgIpc) is 2.46. The Kier molecular flexibility index (Phi) is 4.55. The fraction of sp³-hybridized carbons (Fsp3) is 0.200. The smallest absolute Gasteiger partial charge is 0.339 e. The van der Waals surface area contributed by atoms with Gasteiger partial charge in [0.1, 0.15) is 11.4 Å². The molecule has 0 bridgehead atoms. The summed E-state index contributed by atoms with van der Waals surface area (Å²) in [7, 11) is -0.487. The second-order valence-electron chi connectivity index (χ2n) is 5.21. The molecule has 0 unspecified atom stereocenters. The molecule has 2 rings (SSSR count). The summed E-state index contributed by atoms with van der Waals surface area (Å²) in [6.07, 6.45) is 1.29. The zero-order valence-electron chi connectivity index (χ0n) is 12.9. The largest absolute Gasteiger partial charge is 0.478 e. The zero-order chi connectivity index (χ0) is 17.2. The Bertz CT molecular complexity index is 830. The molecule has 0 fully saturated rings. The van der Waals surface area contributed by atoms with Gasteiger partial charge in [0.15, 0.2) is 0 Å². The summed E-state index contributed by atoms with van der Waals surface area (Å²) in [5, 5.41) is 9.24. The van der Waals surface area contributed by atoms with Crippen LogP contribution in [0.15, 0.2) is 41.4 Å². The quantitative estimate of drug-likeness (QED) is 0.866. The topological polar surface area (TPSA) is 99.6 Å². The van der Waals surface area contributed by atoms with Crippen molar-refractivity contribution < 1.29 is 18.3 Å². The molecule has 8 heteroatoms. The Morgan fingerprint density at radius 2 is 1.83 bits per heavy atom. The number of nitrogens with zero attached hydrogens (tertiary/aromatic N) is 2. The van der Waals surface area contributed by atoms with Crippen molar-refractivity contribution in [3.63, 3.8) is 0 Å². The van der Waals surface area contributed by atoms with Crippen LogP contribution in [0.1, 0.15) is 15.9 Å². The van der Waals surface area contributed by atoms with E-state index in [1.165, 1.54) is 24.4 Å². The van der Waals surface area contributed by atoms with Gasteiger partial charge in [-0.25, -0.2) is 18.2 Å². The summed E-state index contributed by atoms with van der Waals surface area (Å²) in [6.45, 7) is 1.85. The molecule has 2 N–H and O–H groups in total. The van der Waals surface area contributed by atoms with Crippen LogP contribution in [0.2, 0.25) is 0 Å². The molecule has 0 aliphatic rings. The van der Waals surface area contributed by atoms with Crippen molar-refractivity contribution in [1.82, 2.24) is 4.98 Å². The molecule has 122 valence electrons. The number of aromatic carboxylic acids is 1. The molecule has 7 nitrogen and oxygen atoms in total. The van der Waals surface area contributed by atoms with E-state index in [1.54, 1.807) is 31.1 Å². The van der Waals surface area contributed by atoms with Crippen molar-refractivity contribution in [3.05, 3.63) is 47.7 Å². The van der Waals surface area contributed by atoms with Crippen molar-refractivity contribution in [2.24, 2.45) is 0 Å². The van der Waals surface area contributed by atoms with Crippen LogP contribution in [0.25, 0.3) is 0 Å². The minimum Gasteiger partial charge on any atom is -0.478 e. The highest BCUT2D eigenvalue weighted by Gasteiger charge is 2.18. The van der Waals surface area contributed by atoms with Gasteiger partial charge in [-0.05, 0) is 25.1 Å². The molecular weight excluding hydrogens is 318 g/mol. The molecule has 0 saturated carbocycles. The average molecular weight is 335 g/mol. The summed E-state index contributed by atoms with van der Waals surface area (Å²) in [5.74, 6) is -0.937. The number of hydrogen-bond acceptors (Lipinski definition) is 5. The molecule has 1 aromatic carbocycles. The molecule has 0 saturated heterocycles. The van der Waals surface area contributed by atoms with Crippen LogP contribution >= 0.6 is 0 Å². The number of pyridine rings is 1. The van der Waals surface area contributed by atoms with Crippen molar-refractivity contribution in [2.75, 3.05) is 23.7 Å². The van der Waals surface area contributed by atoms with Crippen LogP contribution in [0.5, 0.6) is 0 Å². The number of benzene rings is 1. The van der Waals surface area contributed by atoms with Gasteiger partial charge in [-0.1, -0.05) is 17.7 Å². The van der Waals surface area contributed by atoms with Gasteiger partial charge >= 0.3 is 5.97 Å². The fourth-order valence-corrected chi connectivity index (χ4v) is 2.99. The lowest BCUT2D eigenvalue weighted by molar-refractivity contribution is 0.0697. The van der Waals surface area contributed by atoms with Crippen LogP contribution in [0.4, 0.5) is 11.5 Å². The number of carboxylic acids is 1. The standard InChI is InChI=1S/C15H17N3O4S/c1-10-4-6-12(7-5-10)23(21,22)17-11-8-13(15(19)20)14(16-9-11)18(2)3/h4-9,17H,1-3H3,(H,19,20). The number of anilines is 2. The van der Waals surface area contributed by atoms with E-state index in [9.17, 15) is 18.3 Å². The number of hydrogen-bond donors (Lipinski definition) is 2. The van der Waals surface area contributed by atoms with Crippen molar-refractivity contribution in [2.45, 2.75) is 11.8 Å². The number of aryl methyl sites for hydroxylation is 1. The molecular formula is C15H17N3O4S. The molecule has 1 aromatic heterocycles. The second-order valence-corrected chi connectivity index (χ2v) is 6.90. The zero-order valence-corrected chi connectivity index (χ0v) is 13.8. The Labute approximate surface area is 134 Å². The Balaban J connectivity index is 2.38. The first-order valence-corrected chi connectivity index (χ1v) is 8.19. The number of carboxylic acid groups (broad SMARTS) is 1. The number of aromatic nitrogens is 1. The fourth-order valence-electron chi connectivity index (χ4n) is 1.96. The van der Waals surface area contributed by atoms with E-state index in [0.29, 0.717) is 0 Å². The van der Waals surface area contributed by atoms with Crippen LogP contribution in [0, 0.1) is 6.92 Å². The first kappa shape index (κ1) is 16.8. The first-order valence-electron chi connectivity index (χ1n) is 6.71. The molecule has 1 heterocycles. The molecule has 0 radical (unpaired) electrons. The SMILES string of the molecule is Cc1ccc(S(=O)(=O)Nc2cnc(N(C)C)c(C(=O)O)c2)cc1. The van der Waals surface area contributed by atoms with Gasteiger partial charge in [0.2, 0.25) is 0 Å². The minimum absolute atomic E-state index is 0.0842. The normalized spacial score (nSPS) is 11.1. The Hall–Kier alpha value is -2.61. The van der Waals surface area contributed by atoms with E-state index in [2.05, 4.69) is 9.71 Å². The van der Waals surface area contributed by atoms with Crippen LogP contribution in [-0.4, -0.2) is 38.6 Å². The van der Waals surface area contributed by atoms with Gasteiger partial charge < -0.3 is 10.0 Å². The van der Waals surface area contributed by atoms with Crippen LogP contribution < -0.4 is 9.62 Å². The first-order chi connectivity index (χ1) is 10.7. The van der Waals surface area contributed by atoms with Gasteiger partial charge in [-0.3, -0.25) is 4.72 Å². The van der Waals surface area contributed by atoms with E-state index in [4.69, 9.17) is 0 Å². The van der Waals surface area contributed by atoms with Crippen molar-refractivity contribution in [3.8, 4) is 0 Å². The number of carbonyl (C=O) groups is 1. The molecule has 23 heavy (non-hydrogen) atoms. The lowest BCUT2D eigenvalue weighted by Gasteiger charge is -2.15. The highest BCUT2D eigenvalue weighted by atomic mass is 32.2. The molecule has 0 aliphatic carbocycles. The minimum atomic E-state index is -3.80.